The SMILES string of the molecule is COCc1ccccc1C(CN)N1CCC(C)C(OC)C1. The van der Waals surface area contributed by atoms with Crippen molar-refractivity contribution in [3.05, 3.63) is 35.4 Å². The van der Waals surface area contributed by atoms with Crippen LogP contribution in [0.4, 0.5) is 0 Å². The summed E-state index contributed by atoms with van der Waals surface area (Å²) in [5.74, 6) is 0.610. The van der Waals surface area contributed by atoms with E-state index in [1.165, 1.54) is 11.1 Å². The van der Waals surface area contributed by atoms with E-state index in [9.17, 15) is 0 Å². The van der Waals surface area contributed by atoms with Crippen molar-refractivity contribution in [2.75, 3.05) is 33.9 Å². The Bertz CT molecular complexity index is 439. The average Bonchev–Trinajstić information content (AvgIpc) is 2.51. The summed E-state index contributed by atoms with van der Waals surface area (Å²) in [6.45, 7) is 5.53. The van der Waals surface area contributed by atoms with Crippen molar-refractivity contribution in [2.45, 2.75) is 32.1 Å². The molecule has 0 saturated carbocycles. The number of benzene rings is 1. The first-order valence-corrected chi connectivity index (χ1v) is 7.74. The Balaban J connectivity index is 2.19. The lowest BCUT2D eigenvalue weighted by Gasteiger charge is -2.41. The molecule has 1 aromatic rings. The minimum Gasteiger partial charge on any atom is -0.380 e. The third-order valence-electron chi connectivity index (χ3n) is 4.60. The van der Waals surface area contributed by atoms with Crippen molar-refractivity contribution in [3.63, 3.8) is 0 Å². The van der Waals surface area contributed by atoms with Crippen LogP contribution in [0.1, 0.15) is 30.5 Å². The first-order valence-electron chi connectivity index (χ1n) is 7.74. The summed E-state index contributed by atoms with van der Waals surface area (Å²) in [7, 11) is 3.54. The third-order valence-corrected chi connectivity index (χ3v) is 4.60. The fourth-order valence-corrected chi connectivity index (χ4v) is 3.27. The molecule has 1 aliphatic heterocycles. The Labute approximate surface area is 128 Å². The van der Waals surface area contributed by atoms with Crippen molar-refractivity contribution in [3.8, 4) is 0 Å². The molecule has 4 heteroatoms. The van der Waals surface area contributed by atoms with Crippen LogP contribution in [0.3, 0.4) is 0 Å². The van der Waals surface area contributed by atoms with Gasteiger partial charge in [-0.1, -0.05) is 31.2 Å². The molecule has 3 atom stereocenters. The minimum atomic E-state index is 0.237. The maximum atomic E-state index is 6.10. The Kier molecular flexibility index (Phi) is 6.18. The molecule has 118 valence electrons. The van der Waals surface area contributed by atoms with Crippen molar-refractivity contribution in [1.29, 1.82) is 0 Å². The molecule has 4 nitrogen and oxygen atoms in total. The molecule has 3 unspecified atom stereocenters. The van der Waals surface area contributed by atoms with Crippen molar-refractivity contribution >= 4 is 0 Å². The summed E-state index contributed by atoms with van der Waals surface area (Å²) in [5.41, 5.74) is 8.61. The van der Waals surface area contributed by atoms with Crippen LogP contribution in [0, 0.1) is 5.92 Å². The highest BCUT2D eigenvalue weighted by Gasteiger charge is 2.31. The van der Waals surface area contributed by atoms with E-state index in [0.29, 0.717) is 25.2 Å². The Morgan fingerprint density at radius 1 is 1.33 bits per heavy atom. The quantitative estimate of drug-likeness (QED) is 0.873. The zero-order valence-electron chi connectivity index (χ0n) is 13.4. The molecule has 1 fully saturated rings. The topological polar surface area (TPSA) is 47.7 Å². The molecule has 1 saturated heterocycles. The maximum Gasteiger partial charge on any atom is 0.0724 e. The lowest BCUT2D eigenvalue weighted by atomic mass is 9.92. The van der Waals surface area contributed by atoms with E-state index < -0.39 is 0 Å². The van der Waals surface area contributed by atoms with E-state index in [1.54, 1.807) is 14.2 Å². The van der Waals surface area contributed by atoms with Gasteiger partial charge in [-0.2, -0.15) is 0 Å². The molecule has 21 heavy (non-hydrogen) atoms. The van der Waals surface area contributed by atoms with E-state index >= 15 is 0 Å². The van der Waals surface area contributed by atoms with Crippen LogP contribution in [-0.4, -0.2) is 44.9 Å². The highest BCUT2D eigenvalue weighted by Crippen LogP contribution is 2.29. The predicted octanol–water partition coefficient (Wildman–Crippen LogP) is 2.19. The summed E-state index contributed by atoms with van der Waals surface area (Å²) in [6, 6.07) is 8.67. The standard InChI is InChI=1S/C17H28N2O2/c1-13-8-9-19(11-17(13)21-3)16(10-18)15-7-5-4-6-14(15)12-20-2/h4-7,13,16-17H,8-12,18H2,1-3H3. The molecule has 0 radical (unpaired) electrons. The fraction of sp³-hybridized carbons (Fsp3) is 0.647. The molecule has 1 aliphatic rings. The van der Waals surface area contributed by atoms with E-state index in [-0.39, 0.29) is 6.04 Å². The largest absolute Gasteiger partial charge is 0.380 e. The Morgan fingerprint density at radius 2 is 2.10 bits per heavy atom. The van der Waals surface area contributed by atoms with Gasteiger partial charge in [0.2, 0.25) is 0 Å². The fourth-order valence-electron chi connectivity index (χ4n) is 3.27. The molecule has 1 aromatic carbocycles. The number of hydrogen-bond donors (Lipinski definition) is 1. The highest BCUT2D eigenvalue weighted by atomic mass is 16.5. The number of methoxy groups -OCH3 is 2. The second-order valence-electron chi connectivity index (χ2n) is 5.92. The van der Waals surface area contributed by atoms with Gasteiger partial charge in [0.05, 0.1) is 12.7 Å². The second kappa shape index (κ2) is 7.90. The van der Waals surface area contributed by atoms with Gasteiger partial charge in [-0.25, -0.2) is 0 Å². The summed E-state index contributed by atoms with van der Waals surface area (Å²) in [5, 5.41) is 0. The smallest absolute Gasteiger partial charge is 0.0724 e. The lowest BCUT2D eigenvalue weighted by Crippen LogP contribution is -2.47. The van der Waals surface area contributed by atoms with Gasteiger partial charge >= 0.3 is 0 Å². The monoisotopic (exact) mass is 292 g/mol. The summed E-state index contributed by atoms with van der Waals surface area (Å²) in [4.78, 5) is 2.46. The van der Waals surface area contributed by atoms with Crippen molar-refractivity contribution < 1.29 is 9.47 Å². The predicted molar refractivity (Wildman–Crippen MR) is 85.1 cm³/mol. The van der Waals surface area contributed by atoms with Gasteiger partial charge < -0.3 is 15.2 Å². The van der Waals surface area contributed by atoms with Crippen molar-refractivity contribution in [2.24, 2.45) is 11.7 Å². The zero-order valence-corrected chi connectivity index (χ0v) is 13.4. The molecule has 0 aromatic heterocycles. The molecule has 0 aliphatic carbocycles. The third kappa shape index (κ3) is 3.83. The maximum absolute atomic E-state index is 6.10. The van der Waals surface area contributed by atoms with Crippen LogP contribution in [0.2, 0.25) is 0 Å². The average molecular weight is 292 g/mol. The first-order chi connectivity index (χ1) is 10.2. The van der Waals surface area contributed by atoms with Crippen molar-refractivity contribution in [1.82, 2.24) is 4.90 Å². The first kappa shape index (κ1) is 16.4. The Hall–Kier alpha value is -0.940. The van der Waals surface area contributed by atoms with Gasteiger partial charge in [0, 0.05) is 33.4 Å². The number of hydrogen-bond acceptors (Lipinski definition) is 4. The van der Waals surface area contributed by atoms with E-state index in [2.05, 4.69) is 36.1 Å². The summed E-state index contributed by atoms with van der Waals surface area (Å²) in [6.07, 6.45) is 1.45. The molecule has 2 rings (SSSR count). The molecular formula is C17H28N2O2. The number of nitrogens with zero attached hydrogens (tertiary/aromatic N) is 1. The molecule has 0 amide bonds. The highest BCUT2D eigenvalue weighted by molar-refractivity contribution is 5.30. The van der Waals surface area contributed by atoms with E-state index in [4.69, 9.17) is 15.2 Å². The van der Waals surface area contributed by atoms with E-state index in [0.717, 1.165) is 19.5 Å². The molecule has 1 heterocycles. The number of rotatable bonds is 6. The van der Waals surface area contributed by atoms with Crippen LogP contribution in [0.5, 0.6) is 0 Å². The van der Waals surface area contributed by atoms with Gasteiger partial charge in [-0.15, -0.1) is 0 Å². The minimum absolute atomic E-state index is 0.237. The lowest BCUT2D eigenvalue weighted by molar-refractivity contribution is -0.0185. The zero-order chi connectivity index (χ0) is 15.2. The Morgan fingerprint density at radius 3 is 2.76 bits per heavy atom. The van der Waals surface area contributed by atoms with Crippen LogP contribution >= 0.6 is 0 Å². The molecular weight excluding hydrogens is 264 g/mol. The van der Waals surface area contributed by atoms with Gasteiger partial charge in [-0.3, -0.25) is 4.90 Å². The number of likely N-dealkylation sites (tertiary alicyclic amines) is 1. The van der Waals surface area contributed by atoms with Crippen LogP contribution in [0.25, 0.3) is 0 Å². The number of nitrogens with two attached hydrogens (primary N) is 1. The molecule has 0 spiro atoms. The normalized spacial score (nSPS) is 25.0. The molecule has 2 N–H and O–H groups in total. The summed E-state index contributed by atoms with van der Waals surface area (Å²) >= 11 is 0. The number of ether oxygens (including phenoxy) is 2. The van der Waals surface area contributed by atoms with Gasteiger partial charge in [0.25, 0.3) is 0 Å². The molecule has 0 bridgehead atoms. The van der Waals surface area contributed by atoms with Gasteiger partial charge in [0.15, 0.2) is 0 Å². The number of piperidine rings is 1. The van der Waals surface area contributed by atoms with Crippen LogP contribution in [0.15, 0.2) is 24.3 Å². The van der Waals surface area contributed by atoms with Crippen LogP contribution in [-0.2, 0) is 16.1 Å². The van der Waals surface area contributed by atoms with Gasteiger partial charge in [0.1, 0.15) is 0 Å². The summed E-state index contributed by atoms with van der Waals surface area (Å²) < 4.78 is 11.0. The van der Waals surface area contributed by atoms with E-state index in [1.807, 2.05) is 0 Å². The van der Waals surface area contributed by atoms with Crippen LogP contribution < -0.4 is 5.73 Å². The second-order valence-corrected chi connectivity index (χ2v) is 5.92. The van der Waals surface area contributed by atoms with Gasteiger partial charge in [-0.05, 0) is 30.0 Å².